The zero-order chi connectivity index (χ0) is 14.8. The minimum Gasteiger partial charge on any atom is -0.482 e. The summed E-state index contributed by atoms with van der Waals surface area (Å²) in [4.78, 5) is 14.0. The van der Waals surface area contributed by atoms with Crippen molar-refractivity contribution in [1.29, 1.82) is 0 Å². The summed E-state index contributed by atoms with van der Waals surface area (Å²) < 4.78 is 6.59. The van der Waals surface area contributed by atoms with E-state index in [2.05, 4.69) is 53.8 Å². The highest BCUT2D eigenvalue weighted by Gasteiger charge is 2.25. The van der Waals surface area contributed by atoms with Gasteiger partial charge in [-0.2, -0.15) is 0 Å². The highest BCUT2D eigenvalue weighted by atomic mass is 127. The van der Waals surface area contributed by atoms with Crippen LogP contribution in [0.3, 0.4) is 0 Å². The molecule has 3 rings (SSSR count). The topological polar surface area (TPSA) is 29.5 Å². The van der Waals surface area contributed by atoms with Gasteiger partial charge in [0.15, 0.2) is 6.61 Å². The molecule has 0 saturated heterocycles. The molecule has 0 fully saturated rings. The molecular weight excluding hydrogens is 377 g/mol. The van der Waals surface area contributed by atoms with Gasteiger partial charge in [0.05, 0.1) is 12.2 Å². The number of aryl methyl sites for hydroxylation is 1. The van der Waals surface area contributed by atoms with Crippen LogP contribution in [0.2, 0.25) is 0 Å². The average Bonchev–Trinajstić information content (AvgIpc) is 2.51. The van der Waals surface area contributed by atoms with Crippen molar-refractivity contribution < 1.29 is 9.53 Å². The third kappa shape index (κ3) is 3.05. The zero-order valence-corrected chi connectivity index (χ0v) is 14.0. The number of carbonyl (C=O) groups is 1. The molecule has 3 nitrogen and oxygen atoms in total. The Bertz CT molecular complexity index is 667. The highest BCUT2D eigenvalue weighted by Crippen LogP contribution is 2.34. The van der Waals surface area contributed by atoms with Crippen molar-refractivity contribution >= 4 is 34.2 Å². The molecule has 0 bridgehead atoms. The van der Waals surface area contributed by atoms with Crippen LogP contribution in [0.4, 0.5) is 5.69 Å². The van der Waals surface area contributed by atoms with Gasteiger partial charge in [0.2, 0.25) is 0 Å². The van der Waals surface area contributed by atoms with Gasteiger partial charge in [-0.05, 0) is 58.3 Å². The minimum atomic E-state index is 0.00377. The molecule has 0 aliphatic carbocycles. The molecule has 0 spiro atoms. The maximum atomic E-state index is 12.2. The number of hydrogen-bond donors (Lipinski definition) is 0. The predicted octanol–water partition coefficient (Wildman–Crippen LogP) is 3.78. The van der Waals surface area contributed by atoms with Crippen LogP contribution >= 0.6 is 22.6 Å². The lowest BCUT2D eigenvalue weighted by molar-refractivity contribution is -0.121. The highest BCUT2D eigenvalue weighted by molar-refractivity contribution is 14.1. The van der Waals surface area contributed by atoms with E-state index >= 15 is 0 Å². The maximum Gasteiger partial charge on any atom is 0.265 e. The Kier molecular flexibility index (Phi) is 4.14. The van der Waals surface area contributed by atoms with Crippen LogP contribution < -0.4 is 9.64 Å². The van der Waals surface area contributed by atoms with Crippen LogP contribution in [0.25, 0.3) is 0 Å². The monoisotopic (exact) mass is 393 g/mol. The third-order valence-corrected chi connectivity index (χ3v) is 4.31. The Morgan fingerprint density at radius 2 is 1.86 bits per heavy atom. The molecule has 108 valence electrons. The van der Waals surface area contributed by atoms with Gasteiger partial charge < -0.3 is 9.64 Å². The molecule has 1 aliphatic heterocycles. The molecule has 0 N–H and O–H groups in total. The van der Waals surface area contributed by atoms with Gasteiger partial charge in [-0.3, -0.25) is 4.79 Å². The number of fused-ring (bicyclic) bond motifs is 1. The van der Waals surface area contributed by atoms with E-state index in [-0.39, 0.29) is 12.5 Å². The molecule has 1 heterocycles. The first-order valence-electron chi connectivity index (χ1n) is 6.98. The molecule has 0 atom stereocenters. The van der Waals surface area contributed by atoms with E-state index in [1.807, 2.05) is 23.1 Å². The Morgan fingerprint density at radius 3 is 2.57 bits per heavy atom. The summed E-state index contributed by atoms with van der Waals surface area (Å²) >= 11 is 2.25. The van der Waals surface area contributed by atoms with Gasteiger partial charge in [0.25, 0.3) is 5.91 Å². The average molecular weight is 393 g/mol. The van der Waals surface area contributed by atoms with Gasteiger partial charge in [-0.15, -0.1) is 0 Å². The van der Waals surface area contributed by atoms with Crippen molar-refractivity contribution in [3.63, 3.8) is 0 Å². The Labute approximate surface area is 138 Å². The summed E-state index contributed by atoms with van der Waals surface area (Å²) in [6.07, 6.45) is 1.03. The van der Waals surface area contributed by atoms with Gasteiger partial charge in [-0.1, -0.05) is 31.2 Å². The van der Waals surface area contributed by atoms with Crippen molar-refractivity contribution in [1.82, 2.24) is 0 Å². The number of anilines is 1. The Morgan fingerprint density at radius 1 is 1.14 bits per heavy atom. The third-order valence-electron chi connectivity index (χ3n) is 3.64. The largest absolute Gasteiger partial charge is 0.482 e. The van der Waals surface area contributed by atoms with E-state index < -0.39 is 0 Å². The van der Waals surface area contributed by atoms with Crippen LogP contribution in [0.1, 0.15) is 18.1 Å². The number of ether oxygens (including phenoxy) is 1. The standard InChI is InChI=1S/C17H16INO2/c1-2-12-3-5-13(6-4-12)10-19-15-9-14(18)7-8-16(15)21-11-17(19)20/h3-9H,2,10-11H2,1H3. The fourth-order valence-electron chi connectivity index (χ4n) is 2.41. The second-order valence-electron chi connectivity index (χ2n) is 5.05. The first kappa shape index (κ1) is 14.4. The maximum absolute atomic E-state index is 12.2. The molecule has 1 aliphatic rings. The number of rotatable bonds is 3. The first-order chi connectivity index (χ1) is 10.2. The zero-order valence-electron chi connectivity index (χ0n) is 11.8. The van der Waals surface area contributed by atoms with Crippen LogP contribution in [0.15, 0.2) is 42.5 Å². The molecule has 2 aromatic rings. The Hall–Kier alpha value is -1.56. The number of nitrogens with zero attached hydrogens (tertiary/aromatic N) is 1. The molecule has 0 unspecified atom stereocenters. The summed E-state index contributed by atoms with van der Waals surface area (Å²) in [5.74, 6) is 0.782. The molecular formula is C17H16INO2. The van der Waals surface area contributed by atoms with Gasteiger partial charge in [-0.25, -0.2) is 0 Å². The van der Waals surface area contributed by atoms with E-state index in [0.717, 1.165) is 27.0 Å². The lowest BCUT2D eigenvalue weighted by Crippen LogP contribution is -2.38. The molecule has 0 radical (unpaired) electrons. The number of benzene rings is 2. The summed E-state index contributed by atoms with van der Waals surface area (Å²) in [5.41, 5.74) is 3.30. The van der Waals surface area contributed by atoms with E-state index in [1.165, 1.54) is 5.56 Å². The lowest BCUT2D eigenvalue weighted by Gasteiger charge is -2.29. The molecule has 0 aromatic heterocycles. The Balaban J connectivity index is 1.90. The summed E-state index contributed by atoms with van der Waals surface area (Å²) in [7, 11) is 0. The van der Waals surface area contributed by atoms with Crippen LogP contribution in [0.5, 0.6) is 5.75 Å². The molecule has 4 heteroatoms. The number of halogens is 1. The van der Waals surface area contributed by atoms with E-state index in [1.54, 1.807) is 0 Å². The molecule has 0 saturated carbocycles. The van der Waals surface area contributed by atoms with Crippen LogP contribution in [-0.4, -0.2) is 12.5 Å². The fraction of sp³-hybridized carbons (Fsp3) is 0.235. The van der Waals surface area contributed by atoms with Gasteiger partial charge in [0.1, 0.15) is 5.75 Å². The molecule has 21 heavy (non-hydrogen) atoms. The minimum absolute atomic E-state index is 0.00377. The first-order valence-corrected chi connectivity index (χ1v) is 8.06. The number of hydrogen-bond acceptors (Lipinski definition) is 2. The van der Waals surface area contributed by atoms with Crippen LogP contribution in [-0.2, 0) is 17.8 Å². The van der Waals surface area contributed by atoms with Crippen molar-refractivity contribution in [2.24, 2.45) is 0 Å². The van der Waals surface area contributed by atoms with Crippen LogP contribution in [0, 0.1) is 3.57 Å². The summed E-state index contributed by atoms with van der Waals surface area (Å²) in [6, 6.07) is 14.3. The second-order valence-corrected chi connectivity index (χ2v) is 6.30. The smallest absolute Gasteiger partial charge is 0.265 e. The van der Waals surface area contributed by atoms with E-state index in [0.29, 0.717) is 6.54 Å². The number of amides is 1. The molecule has 2 aromatic carbocycles. The fourth-order valence-corrected chi connectivity index (χ4v) is 2.89. The molecule has 1 amide bonds. The van der Waals surface area contributed by atoms with Crippen molar-refractivity contribution in [2.45, 2.75) is 19.9 Å². The predicted molar refractivity (Wildman–Crippen MR) is 91.7 cm³/mol. The summed E-state index contributed by atoms with van der Waals surface area (Å²) in [6.45, 7) is 2.83. The van der Waals surface area contributed by atoms with Crippen molar-refractivity contribution in [3.8, 4) is 5.75 Å². The second kappa shape index (κ2) is 6.05. The number of carbonyl (C=O) groups excluding carboxylic acids is 1. The van der Waals surface area contributed by atoms with E-state index in [4.69, 9.17) is 4.74 Å². The SMILES string of the molecule is CCc1ccc(CN2C(=O)COc3ccc(I)cc32)cc1. The lowest BCUT2D eigenvalue weighted by atomic mass is 10.1. The van der Waals surface area contributed by atoms with E-state index in [9.17, 15) is 4.79 Å². The van der Waals surface area contributed by atoms with Gasteiger partial charge in [0, 0.05) is 3.57 Å². The quantitative estimate of drug-likeness (QED) is 0.743. The normalized spacial score (nSPS) is 13.8. The van der Waals surface area contributed by atoms with Crippen molar-refractivity contribution in [2.75, 3.05) is 11.5 Å². The van der Waals surface area contributed by atoms with Crippen molar-refractivity contribution in [3.05, 3.63) is 57.2 Å². The summed E-state index contributed by atoms with van der Waals surface area (Å²) in [5, 5.41) is 0. The van der Waals surface area contributed by atoms with Gasteiger partial charge >= 0.3 is 0 Å².